The molecule has 0 spiro atoms. The van der Waals surface area contributed by atoms with Gasteiger partial charge in [0, 0.05) is 31.2 Å². The zero-order valence-corrected chi connectivity index (χ0v) is 22.4. The zero-order valence-electron chi connectivity index (χ0n) is 22.4. The summed E-state index contributed by atoms with van der Waals surface area (Å²) in [5.41, 5.74) is 1.08. The molecule has 0 aliphatic carbocycles. The van der Waals surface area contributed by atoms with Crippen LogP contribution in [0.2, 0.25) is 0 Å². The lowest BCUT2D eigenvalue weighted by molar-refractivity contribution is -0.258. The van der Waals surface area contributed by atoms with E-state index in [9.17, 15) is 14.7 Å². The number of hydrogen-bond donors (Lipinski definition) is 3. The second kappa shape index (κ2) is 14.1. The summed E-state index contributed by atoms with van der Waals surface area (Å²) in [4.78, 5) is 25.3. The van der Waals surface area contributed by atoms with Crippen molar-refractivity contribution in [3.8, 4) is 11.5 Å². The first-order valence-electron chi connectivity index (χ1n) is 12.6. The molecule has 1 fully saturated rings. The SMILES string of the molecule is COCCOc1ccc(CNC(=O)C(O)CCNC(=O)[C@@H]2OC(c3ccc(OC)cc3)OCC2(C)C)cc1. The van der Waals surface area contributed by atoms with Gasteiger partial charge >= 0.3 is 0 Å². The summed E-state index contributed by atoms with van der Waals surface area (Å²) in [6, 6.07) is 14.6. The second-order valence-corrected chi connectivity index (χ2v) is 9.72. The van der Waals surface area contributed by atoms with E-state index in [2.05, 4.69) is 10.6 Å². The fourth-order valence-electron chi connectivity index (χ4n) is 3.88. The van der Waals surface area contributed by atoms with Crippen molar-refractivity contribution in [3.05, 3.63) is 59.7 Å². The quantitative estimate of drug-likeness (QED) is 0.337. The highest BCUT2D eigenvalue weighted by Crippen LogP contribution is 2.36. The average Bonchev–Trinajstić information content (AvgIpc) is 2.92. The van der Waals surface area contributed by atoms with Gasteiger partial charge in [-0.15, -0.1) is 0 Å². The lowest BCUT2D eigenvalue weighted by Crippen LogP contribution is -2.52. The number of carbonyl (C=O) groups excluding carboxylic acids is 2. The van der Waals surface area contributed by atoms with Crippen molar-refractivity contribution in [2.24, 2.45) is 5.41 Å². The summed E-state index contributed by atoms with van der Waals surface area (Å²) in [6.07, 6.45) is -2.65. The molecule has 2 amide bonds. The van der Waals surface area contributed by atoms with E-state index in [-0.39, 0.29) is 25.4 Å². The Balaban J connectivity index is 1.42. The van der Waals surface area contributed by atoms with E-state index in [4.69, 9.17) is 23.7 Å². The Bertz CT molecular complexity index is 1030. The summed E-state index contributed by atoms with van der Waals surface area (Å²) in [6.45, 7) is 5.44. The van der Waals surface area contributed by atoms with E-state index in [0.29, 0.717) is 31.3 Å². The highest BCUT2D eigenvalue weighted by atomic mass is 16.7. The van der Waals surface area contributed by atoms with Gasteiger partial charge in [0.2, 0.25) is 11.8 Å². The number of ether oxygens (including phenoxy) is 5. The van der Waals surface area contributed by atoms with Crippen LogP contribution in [0.5, 0.6) is 11.5 Å². The van der Waals surface area contributed by atoms with Crippen molar-refractivity contribution in [1.82, 2.24) is 10.6 Å². The fraction of sp³-hybridized carbons (Fsp3) is 0.500. The molecule has 208 valence electrons. The molecule has 0 bridgehead atoms. The van der Waals surface area contributed by atoms with Crippen LogP contribution in [0.3, 0.4) is 0 Å². The van der Waals surface area contributed by atoms with Gasteiger partial charge in [-0.3, -0.25) is 9.59 Å². The first-order valence-corrected chi connectivity index (χ1v) is 12.6. The molecule has 0 aromatic heterocycles. The number of rotatable bonds is 13. The zero-order chi connectivity index (χ0) is 27.5. The van der Waals surface area contributed by atoms with Crippen molar-refractivity contribution in [1.29, 1.82) is 0 Å². The minimum absolute atomic E-state index is 0.0649. The molecular weight excluding hydrogens is 492 g/mol. The smallest absolute Gasteiger partial charge is 0.249 e. The Morgan fingerprint density at radius 2 is 1.71 bits per heavy atom. The molecule has 2 aromatic rings. The van der Waals surface area contributed by atoms with Crippen molar-refractivity contribution in [2.45, 2.75) is 45.3 Å². The van der Waals surface area contributed by atoms with Crippen LogP contribution in [0.1, 0.15) is 37.7 Å². The lowest BCUT2D eigenvalue weighted by Gasteiger charge is -2.41. The van der Waals surface area contributed by atoms with E-state index in [1.165, 1.54) is 0 Å². The third kappa shape index (κ3) is 8.42. The summed E-state index contributed by atoms with van der Waals surface area (Å²) >= 11 is 0. The van der Waals surface area contributed by atoms with E-state index < -0.39 is 29.8 Å². The van der Waals surface area contributed by atoms with E-state index >= 15 is 0 Å². The number of hydrogen-bond acceptors (Lipinski definition) is 8. The normalized spacial score (nSPS) is 19.3. The lowest BCUT2D eigenvalue weighted by atomic mass is 9.85. The van der Waals surface area contributed by atoms with Crippen LogP contribution in [-0.4, -0.2) is 69.7 Å². The van der Waals surface area contributed by atoms with Crippen LogP contribution in [0.4, 0.5) is 0 Å². The molecule has 2 unspecified atom stereocenters. The third-order valence-corrected chi connectivity index (χ3v) is 6.17. The second-order valence-electron chi connectivity index (χ2n) is 9.72. The summed E-state index contributed by atoms with van der Waals surface area (Å²) in [7, 11) is 3.20. The number of aliphatic hydroxyl groups excluding tert-OH is 1. The van der Waals surface area contributed by atoms with E-state index in [1.807, 2.05) is 50.2 Å². The Kier molecular flexibility index (Phi) is 10.9. The minimum Gasteiger partial charge on any atom is -0.497 e. The maximum absolute atomic E-state index is 13.0. The van der Waals surface area contributed by atoms with Gasteiger partial charge in [0.1, 0.15) is 30.3 Å². The topological polar surface area (TPSA) is 125 Å². The van der Waals surface area contributed by atoms with Gasteiger partial charge in [0.15, 0.2) is 6.29 Å². The maximum Gasteiger partial charge on any atom is 0.249 e. The van der Waals surface area contributed by atoms with Crippen molar-refractivity contribution in [2.75, 3.05) is 40.6 Å². The summed E-state index contributed by atoms with van der Waals surface area (Å²) in [5, 5.41) is 15.8. The molecule has 0 radical (unpaired) electrons. The summed E-state index contributed by atoms with van der Waals surface area (Å²) < 4.78 is 27.5. The number of benzene rings is 2. The minimum atomic E-state index is -1.26. The first-order chi connectivity index (χ1) is 18.2. The van der Waals surface area contributed by atoms with Gasteiger partial charge in [-0.05, 0) is 36.2 Å². The standard InChI is InChI=1S/C28H38N2O8/c1-28(2)18-37-27(20-7-11-21(35-4)12-8-20)38-24(28)26(33)29-14-13-23(31)25(32)30-17-19-5-9-22(10-6-19)36-16-15-34-3/h5-12,23-24,27,31H,13-18H2,1-4H3,(H,29,33)(H,30,32)/t23?,24-,27?/m0/s1. The van der Waals surface area contributed by atoms with Crippen LogP contribution < -0.4 is 20.1 Å². The number of nitrogens with one attached hydrogen (secondary N) is 2. The van der Waals surface area contributed by atoms with Gasteiger partial charge < -0.3 is 39.4 Å². The van der Waals surface area contributed by atoms with Gasteiger partial charge in [-0.25, -0.2) is 0 Å². The molecule has 38 heavy (non-hydrogen) atoms. The molecule has 3 rings (SSSR count). The van der Waals surface area contributed by atoms with E-state index in [1.54, 1.807) is 26.4 Å². The maximum atomic E-state index is 13.0. The molecule has 1 aliphatic rings. The first kappa shape index (κ1) is 29.4. The van der Waals surface area contributed by atoms with Gasteiger partial charge in [-0.1, -0.05) is 38.1 Å². The molecule has 3 N–H and O–H groups in total. The van der Waals surface area contributed by atoms with Crippen LogP contribution in [0, 0.1) is 5.41 Å². The van der Waals surface area contributed by atoms with E-state index in [0.717, 1.165) is 11.1 Å². The van der Waals surface area contributed by atoms with Gasteiger partial charge in [0.25, 0.3) is 0 Å². The Hall–Kier alpha value is -3.18. The monoisotopic (exact) mass is 530 g/mol. The summed E-state index contributed by atoms with van der Waals surface area (Å²) in [5.74, 6) is 0.585. The Morgan fingerprint density at radius 1 is 1.03 bits per heavy atom. The molecule has 10 nitrogen and oxygen atoms in total. The molecule has 1 aliphatic heterocycles. The number of amides is 2. The molecule has 2 aromatic carbocycles. The third-order valence-electron chi connectivity index (χ3n) is 6.17. The predicted octanol–water partition coefficient (Wildman–Crippen LogP) is 2.34. The van der Waals surface area contributed by atoms with Crippen molar-refractivity contribution in [3.63, 3.8) is 0 Å². The molecule has 0 saturated carbocycles. The van der Waals surface area contributed by atoms with Crippen LogP contribution in [-0.2, 0) is 30.3 Å². The molecular formula is C28H38N2O8. The number of carbonyl (C=O) groups is 2. The Morgan fingerprint density at radius 3 is 2.37 bits per heavy atom. The molecule has 1 saturated heterocycles. The van der Waals surface area contributed by atoms with Crippen LogP contribution >= 0.6 is 0 Å². The highest BCUT2D eigenvalue weighted by Gasteiger charge is 2.43. The Labute approximate surface area is 223 Å². The number of aliphatic hydroxyl groups is 1. The molecule has 1 heterocycles. The highest BCUT2D eigenvalue weighted by molar-refractivity contribution is 5.82. The number of methoxy groups -OCH3 is 2. The van der Waals surface area contributed by atoms with Gasteiger partial charge in [-0.2, -0.15) is 0 Å². The molecule has 3 atom stereocenters. The average molecular weight is 531 g/mol. The van der Waals surface area contributed by atoms with Crippen LogP contribution in [0.25, 0.3) is 0 Å². The van der Waals surface area contributed by atoms with Gasteiger partial charge in [0.05, 0.1) is 20.3 Å². The van der Waals surface area contributed by atoms with Crippen molar-refractivity contribution >= 4 is 11.8 Å². The van der Waals surface area contributed by atoms with Crippen molar-refractivity contribution < 1.29 is 38.4 Å². The van der Waals surface area contributed by atoms with Crippen LogP contribution in [0.15, 0.2) is 48.5 Å². The fourth-order valence-corrected chi connectivity index (χ4v) is 3.88. The largest absolute Gasteiger partial charge is 0.497 e. The predicted molar refractivity (Wildman–Crippen MR) is 140 cm³/mol. The molecule has 10 heteroatoms.